The third kappa shape index (κ3) is 3.54. The first-order valence-electron chi connectivity index (χ1n) is 6.98. The topological polar surface area (TPSA) is 51.2 Å². The summed E-state index contributed by atoms with van der Waals surface area (Å²) in [6, 6.07) is 11.3. The second kappa shape index (κ2) is 7.03. The first-order chi connectivity index (χ1) is 10.7. The maximum atomic E-state index is 12.2. The summed E-state index contributed by atoms with van der Waals surface area (Å²) in [5, 5.41) is 4.29. The fraction of sp³-hybridized carbons (Fsp3) is 0.250. The second-order valence-electron chi connectivity index (χ2n) is 4.87. The van der Waals surface area contributed by atoms with E-state index >= 15 is 0 Å². The summed E-state index contributed by atoms with van der Waals surface area (Å²) in [5.41, 5.74) is 1.03. The lowest BCUT2D eigenvalue weighted by molar-refractivity contribution is -0.119. The zero-order valence-corrected chi connectivity index (χ0v) is 13.4. The molecule has 22 heavy (non-hydrogen) atoms. The quantitative estimate of drug-likeness (QED) is 0.870. The van der Waals surface area contributed by atoms with E-state index in [-0.39, 0.29) is 17.7 Å². The fourth-order valence-electron chi connectivity index (χ4n) is 2.34. The molecule has 1 unspecified atom stereocenters. The van der Waals surface area contributed by atoms with Crippen LogP contribution in [0.1, 0.15) is 18.0 Å². The summed E-state index contributed by atoms with van der Waals surface area (Å²) >= 11 is 7.37. The molecule has 1 aliphatic rings. The van der Waals surface area contributed by atoms with Gasteiger partial charge in [-0.05, 0) is 18.2 Å². The SMILES string of the molecule is O=C(CSc1ncccc1Cl)NC1CCOc2ccccc21. The van der Waals surface area contributed by atoms with Gasteiger partial charge in [0.1, 0.15) is 10.8 Å². The Kier molecular flexibility index (Phi) is 4.85. The molecule has 0 radical (unpaired) electrons. The molecule has 3 rings (SSSR count). The van der Waals surface area contributed by atoms with Crippen molar-refractivity contribution < 1.29 is 9.53 Å². The highest BCUT2D eigenvalue weighted by molar-refractivity contribution is 8.00. The highest BCUT2D eigenvalue weighted by Crippen LogP contribution is 2.31. The molecule has 0 saturated heterocycles. The van der Waals surface area contributed by atoms with Crippen LogP contribution in [0.15, 0.2) is 47.6 Å². The lowest BCUT2D eigenvalue weighted by atomic mass is 10.0. The Hall–Kier alpha value is -1.72. The van der Waals surface area contributed by atoms with Crippen molar-refractivity contribution in [3.05, 3.63) is 53.2 Å². The Morgan fingerprint density at radius 3 is 3.09 bits per heavy atom. The van der Waals surface area contributed by atoms with Gasteiger partial charge in [-0.25, -0.2) is 4.98 Å². The van der Waals surface area contributed by atoms with Gasteiger partial charge in [-0.3, -0.25) is 4.79 Å². The van der Waals surface area contributed by atoms with Gasteiger partial charge in [-0.15, -0.1) is 0 Å². The largest absolute Gasteiger partial charge is 0.493 e. The van der Waals surface area contributed by atoms with Gasteiger partial charge in [-0.2, -0.15) is 0 Å². The smallest absolute Gasteiger partial charge is 0.230 e. The van der Waals surface area contributed by atoms with Crippen molar-refractivity contribution in [1.29, 1.82) is 0 Å². The average Bonchev–Trinajstić information content (AvgIpc) is 2.54. The zero-order chi connectivity index (χ0) is 15.4. The van der Waals surface area contributed by atoms with Crippen LogP contribution in [0, 0.1) is 0 Å². The van der Waals surface area contributed by atoms with E-state index in [1.165, 1.54) is 11.8 Å². The minimum absolute atomic E-state index is 0.00254. The van der Waals surface area contributed by atoms with Crippen LogP contribution in [0.5, 0.6) is 5.75 Å². The number of nitrogens with one attached hydrogen (secondary N) is 1. The van der Waals surface area contributed by atoms with E-state index in [4.69, 9.17) is 16.3 Å². The molecule has 4 nitrogen and oxygen atoms in total. The van der Waals surface area contributed by atoms with Gasteiger partial charge in [0.15, 0.2) is 0 Å². The van der Waals surface area contributed by atoms with Crippen LogP contribution in [-0.2, 0) is 4.79 Å². The molecule has 0 spiro atoms. The molecule has 1 aromatic carbocycles. The standard InChI is InChI=1S/C16H15ClN2O2S/c17-12-5-3-8-18-16(12)22-10-15(20)19-13-7-9-21-14-6-2-1-4-11(13)14/h1-6,8,13H,7,9-10H2,(H,19,20). The molecule has 0 aliphatic carbocycles. The van der Waals surface area contributed by atoms with E-state index in [2.05, 4.69) is 10.3 Å². The van der Waals surface area contributed by atoms with Crippen molar-refractivity contribution >= 4 is 29.3 Å². The third-order valence-electron chi connectivity index (χ3n) is 3.36. The number of nitrogens with zero attached hydrogens (tertiary/aromatic N) is 1. The van der Waals surface area contributed by atoms with E-state index in [1.807, 2.05) is 24.3 Å². The fourth-order valence-corrected chi connectivity index (χ4v) is 3.32. The maximum Gasteiger partial charge on any atom is 0.230 e. The molecule has 1 aliphatic heterocycles. The van der Waals surface area contributed by atoms with Gasteiger partial charge in [0.25, 0.3) is 0 Å². The zero-order valence-electron chi connectivity index (χ0n) is 11.8. The molecule has 114 valence electrons. The van der Waals surface area contributed by atoms with Crippen LogP contribution < -0.4 is 10.1 Å². The van der Waals surface area contributed by atoms with E-state index in [1.54, 1.807) is 18.3 Å². The number of benzene rings is 1. The van der Waals surface area contributed by atoms with Gasteiger partial charge >= 0.3 is 0 Å². The molecule has 1 aromatic heterocycles. The number of para-hydroxylation sites is 1. The summed E-state index contributed by atoms with van der Waals surface area (Å²) in [5.74, 6) is 1.10. The summed E-state index contributed by atoms with van der Waals surface area (Å²) < 4.78 is 5.60. The van der Waals surface area contributed by atoms with Crippen molar-refractivity contribution in [2.75, 3.05) is 12.4 Å². The van der Waals surface area contributed by atoms with Crippen LogP contribution in [0.3, 0.4) is 0 Å². The molecule has 6 heteroatoms. The van der Waals surface area contributed by atoms with Crippen molar-refractivity contribution in [1.82, 2.24) is 10.3 Å². The van der Waals surface area contributed by atoms with Crippen molar-refractivity contribution in [2.24, 2.45) is 0 Å². The number of thioether (sulfide) groups is 1. The molecule has 0 bridgehead atoms. The first kappa shape index (κ1) is 15.2. The highest BCUT2D eigenvalue weighted by Gasteiger charge is 2.22. The van der Waals surface area contributed by atoms with Crippen LogP contribution in [0.2, 0.25) is 5.02 Å². The van der Waals surface area contributed by atoms with Gasteiger partial charge in [0, 0.05) is 18.2 Å². The molecule has 1 amide bonds. The van der Waals surface area contributed by atoms with Crippen molar-refractivity contribution in [3.8, 4) is 5.75 Å². The number of ether oxygens (including phenoxy) is 1. The lowest BCUT2D eigenvalue weighted by Gasteiger charge is -2.26. The molecule has 2 aromatic rings. The number of carbonyl (C=O) groups excluding carboxylic acids is 1. The Morgan fingerprint density at radius 2 is 2.23 bits per heavy atom. The number of fused-ring (bicyclic) bond motifs is 1. The first-order valence-corrected chi connectivity index (χ1v) is 8.35. The monoisotopic (exact) mass is 334 g/mol. The molecular formula is C16H15ClN2O2S. The summed E-state index contributed by atoms with van der Waals surface area (Å²) in [4.78, 5) is 16.3. The number of carbonyl (C=O) groups is 1. The molecule has 0 fully saturated rings. The minimum atomic E-state index is -0.0339. The second-order valence-corrected chi connectivity index (χ2v) is 6.25. The summed E-state index contributed by atoms with van der Waals surface area (Å²) in [6.07, 6.45) is 2.44. The number of amides is 1. The highest BCUT2D eigenvalue weighted by atomic mass is 35.5. The van der Waals surface area contributed by atoms with Gasteiger partial charge in [0.05, 0.1) is 23.4 Å². The van der Waals surface area contributed by atoms with E-state index in [0.717, 1.165) is 17.7 Å². The van der Waals surface area contributed by atoms with Crippen LogP contribution in [0.25, 0.3) is 0 Å². The lowest BCUT2D eigenvalue weighted by Crippen LogP contribution is -2.33. The van der Waals surface area contributed by atoms with Crippen molar-refractivity contribution in [2.45, 2.75) is 17.5 Å². The van der Waals surface area contributed by atoms with Crippen molar-refractivity contribution in [3.63, 3.8) is 0 Å². The predicted octanol–water partition coefficient (Wildman–Crippen LogP) is 3.47. The Bertz CT molecular complexity index is 681. The van der Waals surface area contributed by atoms with E-state index in [9.17, 15) is 4.79 Å². The van der Waals surface area contributed by atoms with E-state index in [0.29, 0.717) is 16.7 Å². The summed E-state index contributed by atoms with van der Waals surface area (Å²) in [6.45, 7) is 0.612. The molecule has 0 saturated carbocycles. The van der Waals surface area contributed by atoms with Crippen LogP contribution >= 0.6 is 23.4 Å². The maximum absolute atomic E-state index is 12.2. The molecule has 2 heterocycles. The predicted molar refractivity (Wildman–Crippen MR) is 87.4 cm³/mol. The van der Waals surface area contributed by atoms with Crippen LogP contribution in [-0.4, -0.2) is 23.3 Å². The van der Waals surface area contributed by atoms with Crippen LogP contribution in [0.4, 0.5) is 0 Å². The molecule has 1 N–H and O–H groups in total. The Morgan fingerprint density at radius 1 is 1.36 bits per heavy atom. The third-order valence-corrected chi connectivity index (χ3v) is 4.78. The van der Waals surface area contributed by atoms with Gasteiger partial charge < -0.3 is 10.1 Å². The van der Waals surface area contributed by atoms with Gasteiger partial charge in [-0.1, -0.05) is 41.6 Å². The molecule has 1 atom stereocenters. The number of rotatable bonds is 4. The normalized spacial score (nSPS) is 16.5. The number of hydrogen-bond acceptors (Lipinski definition) is 4. The number of pyridine rings is 1. The Labute approximate surface area is 138 Å². The number of halogens is 1. The number of aromatic nitrogens is 1. The minimum Gasteiger partial charge on any atom is -0.493 e. The number of hydrogen-bond donors (Lipinski definition) is 1. The molecular weight excluding hydrogens is 320 g/mol. The Balaban J connectivity index is 1.60. The van der Waals surface area contributed by atoms with Gasteiger partial charge in [0.2, 0.25) is 5.91 Å². The summed E-state index contributed by atoms with van der Waals surface area (Å²) in [7, 11) is 0. The average molecular weight is 335 g/mol. The van der Waals surface area contributed by atoms with E-state index < -0.39 is 0 Å².